The number of nitrogens with zero attached hydrogens (tertiary/aromatic N) is 4. The van der Waals surface area contributed by atoms with Crippen LogP contribution in [-0.2, 0) is 37.1 Å². The average Bonchev–Trinajstić information content (AvgIpc) is 3.18. The van der Waals surface area contributed by atoms with Gasteiger partial charge in [0, 0.05) is 31.6 Å². The summed E-state index contributed by atoms with van der Waals surface area (Å²) in [5.41, 5.74) is 5.37. The second kappa shape index (κ2) is 7.23. The summed E-state index contributed by atoms with van der Waals surface area (Å²) in [5, 5.41) is 21.8. The van der Waals surface area contributed by atoms with Crippen LogP contribution in [0, 0.1) is 0 Å². The molecule has 140 valence electrons. The van der Waals surface area contributed by atoms with Crippen LogP contribution in [0.4, 0.5) is 0 Å². The molecule has 0 unspecified atom stereocenters. The molecule has 26 heavy (non-hydrogen) atoms. The zero-order chi connectivity index (χ0) is 18.1. The lowest BCUT2D eigenvalue weighted by Gasteiger charge is -2.20. The smallest absolute Gasteiger partial charge is 0.223 e. The van der Waals surface area contributed by atoms with Gasteiger partial charge >= 0.3 is 0 Å². The average molecular weight is 357 g/mol. The molecule has 2 aliphatic rings. The van der Waals surface area contributed by atoms with Gasteiger partial charge in [-0.15, -0.1) is 0 Å². The van der Waals surface area contributed by atoms with Crippen molar-refractivity contribution in [2.45, 2.75) is 71.1 Å². The van der Waals surface area contributed by atoms with Crippen LogP contribution in [0.2, 0.25) is 0 Å². The predicted octanol–water partition coefficient (Wildman–Crippen LogP) is 1.90. The fraction of sp³-hybridized carbons (Fsp3) is 0.632. The van der Waals surface area contributed by atoms with E-state index in [0.717, 1.165) is 43.7 Å². The Bertz CT molecular complexity index is 792. The lowest BCUT2D eigenvalue weighted by atomic mass is 9.94. The zero-order valence-corrected chi connectivity index (χ0v) is 15.4. The van der Waals surface area contributed by atoms with Gasteiger partial charge in [-0.3, -0.25) is 14.6 Å². The Kier molecular flexibility index (Phi) is 4.80. The quantitative estimate of drug-likeness (QED) is 0.875. The van der Waals surface area contributed by atoms with Crippen molar-refractivity contribution < 1.29 is 9.90 Å². The molecule has 0 saturated heterocycles. The summed E-state index contributed by atoms with van der Waals surface area (Å²) < 4.78 is 1.93. The number of aliphatic hydroxyl groups excluding tert-OH is 1. The highest BCUT2D eigenvalue weighted by Gasteiger charge is 2.23. The number of amides is 1. The van der Waals surface area contributed by atoms with E-state index in [2.05, 4.69) is 15.3 Å². The van der Waals surface area contributed by atoms with E-state index in [9.17, 15) is 9.90 Å². The SMILES string of the molecule is C[C@@H](O)c1cc2n(n1)CCCN(C(=O)CCc1n[nH]c3c1CCCC3)C2. The van der Waals surface area contributed by atoms with Gasteiger partial charge in [-0.1, -0.05) is 0 Å². The molecule has 1 aliphatic heterocycles. The molecule has 4 rings (SSSR count). The molecule has 2 aromatic heterocycles. The standard InChI is InChI=1S/C19H27N5O2/c1-13(25)18-11-14-12-23(9-4-10-24(14)22-18)19(26)8-7-17-15-5-2-3-6-16(15)20-21-17/h11,13,25H,2-10,12H2,1H3,(H,20,21)/t13-/m1/s1. The van der Waals surface area contributed by atoms with Crippen LogP contribution in [-0.4, -0.2) is 42.4 Å². The molecular weight excluding hydrogens is 330 g/mol. The summed E-state index contributed by atoms with van der Waals surface area (Å²) in [6.07, 6.45) is 6.12. The van der Waals surface area contributed by atoms with Crippen LogP contribution in [0.15, 0.2) is 6.07 Å². The van der Waals surface area contributed by atoms with Gasteiger partial charge in [0.1, 0.15) is 0 Å². The molecule has 0 saturated carbocycles. The van der Waals surface area contributed by atoms with E-state index in [1.54, 1.807) is 6.92 Å². The van der Waals surface area contributed by atoms with Crippen LogP contribution in [0.25, 0.3) is 0 Å². The van der Waals surface area contributed by atoms with Crippen molar-refractivity contribution in [3.8, 4) is 0 Å². The number of H-pyrrole nitrogens is 1. The number of aliphatic hydroxyl groups is 1. The number of carbonyl (C=O) groups is 1. The third-order valence-electron chi connectivity index (χ3n) is 5.53. The molecule has 3 heterocycles. The number of carbonyl (C=O) groups excluding carboxylic acids is 1. The van der Waals surface area contributed by atoms with Gasteiger partial charge in [0.15, 0.2) is 0 Å². The molecule has 0 fully saturated rings. The number of aromatic nitrogens is 4. The van der Waals surface area contributed by atoms with Crippen molar-refractivity contribution in [3.05, 3.63) is 34.4 Å². The Hall–Kier alpha value is -2.15. The highest BCUT2D eigenvalue weighted by Crippen LogP contribution is 2.23. The van der Waals surface area contributed by atoms with E-state index in [0.29, 0.717) is 25.1 Å². The van der Waals surface area contributed by atoms with Crippen LogP contribution < -0.4 is 0 Å². The van der Waals surface area contributed by atoms with E-state index in [1.807, 2.05) is 15.6 Å². The van der Waals surface area contributed by atoms with Crippen molar-refractivity contribution in [1.82, 2.24) is 24.9 Å². The summed E-state index contributed by atoms with van der Waals surface area (Å²) in [5.74, 6) is 0.172. The van der Waals surface area contributed by atoms with E-state index in [4.69, 9.17) is 0 Å². The summed E-state index contributed by atoms with van der Waals surface area (Å²) in [6.45, 7) is 3.83. The van der Waals surface area contributed by atoms with E-state index in [-0.39, 0.29) is 5.91 Å². The fourth-order valence-corrected chi connectivity index (χ4v) is 4.04. The van der Waals surface area contributed by atoms with Crippen molar-refractivity contribution >= 4 is 5.91 Å². The topological polar surface area (TPSA) is 87.0 Å². The minimum absolute atomic E-state index is 0.172. The Morgan fingerprint density at radius 1 is 1.31 bits per heavy atom. The predicted molar refractivity (Wildman–Crippen MR) is 96.4 cm³/mol. The third-order valence-corrected chi connectivity index (χ3v) is 5.53. The molecule has 1 atom stereocenters. The van der Waals surface area contributed by atoms with Gasteiger partial charge in [0.25, 0.3) is 0 Å². The van der Waals surface area contributed by atoms with Crippen molar-refractivity contribution in [1.29, 1.82) is 0 Å². The summed E-state index contributed by atoms with van der Waals surface area (Å²) in [7, 11) is 0. The molecule has 7 nitrogen and oxygen atoms in total. The lowest BCUT2D eigenvalue weighted by Crippen LogP contribution is -2.31. The number of aryl methyl sites for hydroxylation is 3. The first-order valence-corrected chi connectivity index (χ1v) is 9.69. The highest BCUT2D eigenvalue weighted by atomic mass is 16.3. The van der Waals surface area contributed by atoms with E-state index < -0.39 is 6.10 Å². The van der Waals surface area contributed by atoms with Crippen LogP contribution in [0.5, 0.6) is 0 Å². The molecule has 0 bridgehead atoms. The first-order chi connectivity index (χ1) is 12.6. The minimum atomic E-state index is -0.579. The van der Waals surface area contributed by atoms with E-state index in [1.165, 1.54) is 24.1 Å². The number of hydrogen-bond acceptors (Lipinski definition) is 4. The first kappa shape index (κ1) is 17.3. The molecule has 2 N–H and O–H groups in total. The molecule has 0 spiro atoms. The van der Waals surface area contributed by atoms with Crippen LogP contribution in [0.1, 0.15) is 67.1 Å². The van der Waals surface area contributed by atoms with Gasteiger partial charge in [0.2, 0.25) is 5.91 Å². The van der Waals surface area contributed by atoms with E-state index >= 15 is 0 Å². The Balaban J connectivity index is 1.40. The van der Waals surface area contributed by atoms with Crippen molar-refractivity contribution in [2.75, 3.05) is 6.54 Å². The number of nitrogens with one attached hydrogen (secondary N) is 1. The van der Waals surface area contributed by atoms with Crippen molar-refractivity contribution in [2.24, 2.45) is 0 Å². The number of fused-ring (bicyclic) bond motifs is 2. The number of aromatic amines is 1. The maximum atomic E-state index is 12.8. The monoisotopic (exact) mass is 357 g/mol. The van der Waals surface area contributed by atoms with Gasteiger partial charge in [-0.25, -0.2) is 0 Å². The maximum absolute atomic E-state index is 12.8. The summed E-state index contributed by atoms with van der Waals surface area (Å²) in [4.78, 5) is 14.7. The van der Waals surface area contributed by atoms with Crippen LogP contribution >= 0.6 is 0 Å². The Morgan fingerprint density at radius 2 is 2.15 bits per heavy atom. The normalized spacial score (nSPS) is 18.2. The Labute approximate surface area is 153 Å². The molecular formula is C19H27N5O2. The lowest BCUT2D eigenvalue weighted by molar-refractivity contribution is -0.131. The molecule has 7 heteroatoms. The molecule has 2 aromatic rings. The third kappa shape index (κ3) is 3.40. The molecule has 0 radical (unpaired) electrons. The summed E-state index contributed by atoms with van der Waals surface area (Å²) in [6, 6.07) is 1.92. The molecule has 1 aliphatic carbocycles. The highest BCUT2D eigenvalue weighted by molar-refractivity contribution is 5.76. The maximum Gasteiger partial charge on any atom is 0.223 e. The molecule has 0 aromatic carbocycles. The number of hydrogen-bond donors (Lipinski definition) is 2. The first-order valence-electron chi connectivity index (χ1n) is 9.69. The number of rotatable bonds is 4. The minimum Gasteiger partial charge on any atom is -0.387 e. The van der Waals surface area contributed by atoms with Gasteiger partial charge in [-0.2, -0.15) is 10.2 Å². The molecule has 1 amide bonds. The second-order valence-electron chi connectivity index (χ2n) is 7.46. The van der Waals surface area contributed by atoms with Gasteiger partial charge < -0.3 is 10.0 Å². The van der Waals surface area contributed by atoms with Crippen molar-refractivity contribution in [3.63, 3.8) is 0 Å². The summed E-state index contributed by atoms with van der Waals surface area (Å²) >= 11 is 0. The fourth-order valence-electron chi connectivity index (χ4n) is 4.04. The van der Waals surface area contributed by atoms with Gasteiger partial charge in [0.05, 0.1) is 29.7 Å². The zero-order valence-electron chi connectivity index (χ0n) is 15.4. The Morgan fingerprint density at radius 3 is 3.00 bits per heavy atom. The second-order valence-corrected chi connectivity index (χ2v) is 7.46. The largest absolute Gasteiger partial charge is 0.387 e. The van der Waals surface area contributed by atoms with Gasteiger partial charge in [-0.05, 0) is 50.7 Å². The van der Waals surface area contributed by atoms with Crippen LogP contribution in [0.3, 0.4) is 0 Å².